The Morgan fingerprint density at radius 2 is 1.95 bits per heavy atom. The van der Waals surface area contributed by atoms with Crippen LogP contribution in [0.1, 0.15) is 11.5 Å². The zero-order chi connectivity index (χ0) is 14.7. The van der Waals surface area contributed by atoms with E-state index >= 15 is 0 Å². The van der Waals surface area contributed by atoms with Crippen LogP contribution in [0.5, 0.6) is 0 Å². The molecule has 2 aromatic heterocycles. The summed E-state index contributed by atoms with van der Waals surface area (Å²) < 4.78 is 0. The standard InChI is InChI=1S/C15H18ClN5/c1-12-10-13(16)19-14(18-12)11-20-6-8-21(9-7-20)15-4-2-3-5-17-15/h2-5,10H,6-9,11H2,1H3. The largest absolute Gasteiger partial charge is 0.354 e. The molecule has 3 heterocycles. The van der Waals surface area contributed by atoms with Crippen LogP contribution in [0.15, 0.2) is 30.5 Å². The average Bonchev–Trinajstić information content (AvgIpc) is 2.48. The molecule has 0 atom stereocenters. The molecule has 6 heteroatoms. The molecule has 1 fully saturated rings. The normalized spacial score (nSPS) is 16.2. The summed E-state index contributed by atoms with van der Waals surface area (Å²) in [4.78, 5) is 17.8. The Morgan fingerprint density at radius 1 is 1.14 bits per heavy atom. The number of rotatable bonds is 3. The lowest BCUT2D eigenvalue weighted by Crippen LogP contribution is -2.46. The predicted octanol–water partition coefficient (Wildman–Crippen LogP) is 2.16. The minimum Gasteiger partial charge on any atom is -0.354 e. The van der Waals surface area contributed by atoms with Crippen LogP contribution < -0.4 is 4.90 Å². The van der Waals surface area contributed by atoms with Gasteiger partial charge in [-0.15, -0.1) is 0 Å². The highest BCUT2D eigenvalue weighted by Crippen LogP contribution is 2.14. The fourth-order valence-corrected chi connectivity index (χ4v) is 2.79. The molecule has 0 N–H and O–H groups in total. The molecule has 5 nitrogen and oxygen atoms in total. The lowest BCUT2D eigenvalue weighted by molar-refractivity contribution is 0.243. The molecule has 0 saturated carbocycles. The number of aromatic nitrogens is 3. The SMILES string of the molecule is Cc1cc(Cl)nc(CN2CCN(c3ccccn3)CC2)n1. The van der Waals surface area contributed by atoms with Crippen molar-refractivity contribution in [2.75, 3.05) is 31.1 Å². The van der Waals surface area contributed by atoms with Gasteiger partial charge in [-0.2, -0.15) is 0 Å². The highest BCUT2D eigenvalue weighted by molar-refractivity contribution is 6.29. The minimum absolute atomic E-state index is 0.518. The summed E-state index contributed by atoms with van der Waals surface area (Å²) in [6.07, 6.45) is 1.84. The van der Waals surface area contributed by atoms with Gasteiger partial charge in [0, 0.05) is 38.1 Å². The Hall–Kier alpha value is -1.72. The summed E-state index contributed by atoms with van der Waals surface area (Å²) in [7, 11) is 0. The monoisotopic (exact) mass is 303 g/mol. The molecule has 21 heavy (non-hydrogen) atoms. The predicted molar refractivity (Wildman–Crippen MR) is 83.5 cm³/mol. The third-order valence-corrected chi connectivity index (χ3v) is 3.77. The summed E-state index contributed by atoms with van der Waals surface area (Å²) in [5, 5.41) is 0.518. The van der Waals surface area contributed by atoms with E-state index in [9.17, 15) is 0 Å². The van der Waals surface area contributed by atoms with Gasteiger partial charge in [0.2, 0.25) is 0 Å². The fourth-order valence-electron chi connectivity index (χ4n) is 2.54. The number of piperazine rings is 1. The van der Waals surface area contributed by atoms with E-state index in [0.717, 1.165) is 50.1 Å². The molecule has 1 saturated heterocycles. The van der Waals surface area contributed by atoms with Gasteiger partial charge in [0.1, 0.15) is 16.8 Å². The van der Waals surface area contributed by atoms with Crippen LogP contribution in [0.3, 0.4) is 0 Å². The lowest BCUT2D eigenvalue weighted by Gasteiger charge is -2.35. The van der Waals surface area contributed by atoms with E-state index in [-0.39, 0.29) is 0 Å². The summed E-state index contributed by atoms with van der Waals surface area (Å²) in [6.45, 7) is 6.58. The van der Waals surface area contributed by atoms with Crippen LogP contribution in [0.25, 0.3) is 0 Å². The first-order valence-corrected chi connectivity index (χ1v) is 7.47. The molecule has 0 aromatic carbocycles. The van der Waals surface area contributed by atoms with E-state index in [1.54, 1.807) is 6.07 Å². The maximum Gasteiger partial charge on any atom is 0.144 e. The van der Waals surface area contributed by atoms with Crippen molar-refractivity contribution in [2.24, 2.45) is 0 Å². The third-order valence-electron chi connectivity index (χ3n) is 3.58. The van der Waals surface area contributed by atoms with E-state index < -0.39 is 0 Å². The van der Waals surface area contributed by atoms with Crippen molar-refractivity contribution in [1.82, 2.24) is 19.9 Å². The van der Waals surface area contributed by atoms with Crippen molar-refractivity contribution in [3.05, 3.63) is 47.1 Å². The van der Waals surface area contributed by atoms with Gasteiger partial charge in [-0.1, -0.05) is 17.7 Å². The molecule has 0 radical (unpaired) electrons. The fraction of sp³-hybridized carbons (Fsp3) is 0.400. The number of hydrogen-bond donors (Lipinski definition) is 0. The van der Waals surface area contributed by atoms with E-state index in [2.05, 4.69) is 30.8 Å². The van der Waals surface area contributed by atoms with Gasteiger partial charge in [0.15, 0.2) is 0 Å². The van der Waals surface area contributed by atoms with Gasteiger partial charge in [-0.05, 0) is 25.1 Å². The van der Waals surface area contributed by atoms with Crippen molar-refractivity contribution < 1.29 is 0 Å². The maximum atomic E-state index is 5.98. The third kappa shape index (κ3) is 3.68. The molecule has 0 unspecified atom stereocenters. The molecule has 1 aliphatic heterocycles. The molecular formula is C15H18ClN5. The van der Waals surface area contributed by atoms with Gasteiger partial charge >= 0.3 is 0 Å². The zero-order valence-corrected chi connectivity index (χ0v) is 12.8. The number of aryl methyl sites for hydroxylation is 1. The average molecular weight is 304 g/mol. The smallest absolute Gasteiger partial charge is 0.144 e. The van der Waals surface area contributed by atoms with E-state index in [1.165, 1.54) is 0 Å². The Bertz CT molecular complexity index is 576. The van der Waals surface area contributed by atoms with Crippen molar-refractivity contribution in [2.45, 2.75) is 13.5 Å². The first kappa shape index (κ1) is 14.2. The lowest BCUT2D eigenvalue weighted by atomic mass is 10.3. The number of hydrogen-bond acceptors (Lipinski definition) is 5. The van der Waals surface area contributed by atoms with Gasteiger partial charge in [-0.3, -0.25) is 4.90 Å². The van der Waals surface area contributed by atoms with Crippen LogP contribution >= 0.6 is 11.6 Å². The van der Waals surface area contributed by atoms with E-state index in [1.807, 2.05) is 25.3 Å². The number of halogens is 1. The number of pyridine rings is 1. The summed E-state index contributed by atoms with van der Waals surface area (Å²) in [5.41, 5.74) is 0.914. The highest BCUT2D eigenvalue weighted by atomic mass is 35.5. The van der Waals surface area contributed by atoms with Gasteiger partial charge in [0.05, 0.1) is 6.54 Å². The second-order valence-electron chi connectivity index (χ2n) is 5.20. The van der Waals surface area contributed by atoms with Crippen LogP contribution in [0, 0.1) is 6.92 Å². The maximum absolute atomic E-state index is 5.98. The summed E-state index contributed by atoms with van der Waals surface area (Å²) in [5.74, 6) is 1.85. The number of nitrogens with zero attached hydrogens (tertiary/aromatic N) is 5. The minimum atomic E-state index is 0.518. The van der Waals surface area contributed by atoms with Crippen molar-refractivity contribution in [1.29, 1.82) is 0 Å². The van der Waals surface area contributed by atoms with Crippen molar-refractivity contribution in [3.63, 3.8) is 0 Å². The molecule has 0 aliphatic carbocycles. The topological polar surface area (TPSA) is 45.2 Å². The highest BCUT2D eigenvalue weighted by Gasteiger charge is 2.18. The molecule has 1 aliphatic rings. The van der Waals surface area contributed by atoms with Crippen molar-refractivity contribution >= 4 is 17.4 Å². The first-order chi connectivity index (χ1) is 10.2. The molecule has 2 aromatic rings. The summed E-state index contributed by atoms with van der Waals surface area (Å²) >= 11 is 5.98. The Kier molecular flexibility index (Phi) is 4.31. The van der Waals surface area contributed by atoms with Crippen molar-refractivity contribution in [3.8, 4) is 0 Å². The molecule has 3 rings (SSSR count). The quantitative estimate of drug-likeness (QED) is 0.813. The molecule has 0 amide bonds. The van der Waals surface area contributed by atoms with Gasteiger partial charge in [0.25, 0.3) is 0 Å². The van der Waals surface area contributed by atoms with E-state index in [0.29, 0.717) is 5.15 Å². The Morgan fingerprint density at radius 3 is 2.62 bits per heavy atom. The van der Waals surface area contributed by atoms with Crippen LogP contribution in [-0.4, -0.2) is 46.0 Å². The number of anilines is 1. The van der Waals surface area contributed by atoms with Crippen LogP contribution in [0.2, 0.25) is 5.15 Å². The molecule has 0 bridgehead atoms. The van der Waals surface area contributed by atoms with Gasteiger partial charge in [-0.25, -0.2) is 15.0 Å². The van der Waals surface area contributed by atoms with E-state index in [4.69, 9.17) is 11.6 Å². The second kappa shape index (κ2) is 6.37. The Balaban J connectivity index is 1.58. The zero-order valence-electron chi connectivity index (χ0n) is 12.0. The molecule has 0 spiro atoms. The molecule has 110 valence electrons. The molecular weight excluding hydrogens is 286 g/mol. The van der Waals surface area contributed by atoms with Crippen LogP contribution in [-0.2, 0) is 6.54 Å². The Labute approximate surface area is 129 Å². The van der Waals surface area contributed by atoms with Crippen LogP contribution in [0.4, 0.5) is 5.82 Å². The van der Waals surface area contributed by atoms with Gasteiger partial charge < -0.3 is 4.90 Å². The summed E-state index contributed by atoms with van der Waals surface area (Å²) in [6, 6.07) is 7.80. The second-order valence-corrected chi connectivity index (χ2v) is 5.59. The first-order valence-electron chi connectivity index (χ1n) is 7.09.